The molecule has 2 aliphatic rings. The van der Waals surface area contributed by atoms with Crippen molar-refractivity contribution in [1.29, 1.82) is 0 Å². The van der Waals surface area contributed by atoms with Crippen LogP contribution in [0.25, 0.3) is 11.1 Å². The van der Waals surface area contributed by atoms with Crippen LogP contribution in [0.3, 0.4) is 0 Å². The number of hydrogen-bond acceptors (Lipinski definition) is 3. The Hall–Kier alpha value is -3.38. The van der Waals surface area contributed by atoms with Gasteiger partial charge in [0.1, 0.15) is 11.6 Å². The Morgan fingerprint density at radius 1 is 0.968 bits per heavy atom. The smallest absolute Gasteiger partial charge is 0.322 e. The summed E-state index contributed by atoms with van der Waals surface area (Å²) in [4.78, 5) is 14.7. The van der Waals surface area contributed by atoms with E-state index >= 15 is 0 Å². The first-order valence-electron chi connectivity index (χ1n) is 10.4. The van der Waals surface area contributed by atoms with Gasteiger partial charge in [0.25, 0.3) is 0 Å². The number of fused-ring (bicyclic) bond motifs is 2. The molecule has 0 spiro atoms. The lowest BCUT2D eigenvalue weighted by atomic mass is 9.72. The summed E-state index contributed by atoms with van der Waals surface area (Å²) in [7, 11) is 1.66. The number of piperazine rings is 1. The third kappa shape index (κ3) is 3.53. The fourth-order valence-electron chi connectivity index (χ4n) is 4.75. The molecule has 2 amide bonds. The van der Waals surface area contributed by atoms with E-state index in [2.05, 4.69) is 34.9 Å². The summed E-state index contributed by atoms with van der Waals surface area (Å²) in [6.07, 6.45) is 0. The van der Waals surface area contributed by atoms with Gasteiger partial charge in [0, 0.05) is 19.0 Å². The van der Waals surface area contributed by atoms with E-state index in [9.17, 15) is 9.18 Å². The highest BCUT2D eigenvalue weighted by Crippen LogP contribution is 2.43. The van der Waals surface area contributed by atoms with Crippen molar-refractivity contribution in [3.05, 3.63) is 84.2 Å². The number of piperidine rings is 1. The summed E-state index contributed by atoms with van der Waals surface area (Å²) in [5.74, 6) is 0.687. The second kappa shape index (κ2) is 8.04. The molecule has 5 nitrogen and oxygen atoms in total. The number of anilines is 1. The number of halogens is 1. The van der Waals surface area contributed by atoms with Crippen LogP contribution in [0.5, 0.6) is 5.75 Å². The van der Waals surface area contributed by atoms with Crippen molar-refractivity contribution in [3.63, 3.8) is 0 Å². The topological polar surface area (TPSA) is 53.6 Å². The Morgan fingerprint density at radius 2 is 1.58 bits per heavy atom. The van der Waals surface area contributed by atoms with Crippen LogP contribution in [-0.4, -0.2) is 43.2 Å². The molecule has 2 aliphatic heterocycles. The maximum atomic E-state index is 13.9. The summed E-state index contributed by atoms with van der Waals surface area (Å²) in [6.45, 7) is 1.46. The molecule has 2 saturated heterocycles. The molecule has 158 valence electrons. The fourth-order valence-corrected chi connectivity index (χ4v) is 4.75. The van der Waals surface area contributed by atoms with Crippen LogP contribution in [0.15, 0.2) is 72.8 Å². The Balaban J connectivity index is 1.31. The van der Waals surface area contributed by atoms with Gasteiger partial charge in [0.05, 0.1) is 24.9 Å². The van der Waals surface area contributed by atoms with Crippen molar-refractivity contribution in [3.8, 4) is 16.9 Å². The Morgan fingerprint density at radius 3 is 2.19 bits per heavy atom. The molecule has 0 aromatic heterocycles. The van der Waals surface area contributed by atoms with Gasteiger partial charge in [0.15, 0.2) is 0 Å². The van der Waals surface area contributed by atoms with Gasteiger partial charge in [-0.25, -0.2) is 9.18 Å². The molecule has 2 bridgehead atoms. The van der Waals surface area contributed by atoms with Crippen LogP contribution < -0.4 is 15.4 Å². The number of urea groups is 1. The number of nitrogens with one attached hydrogen (secondary N) is 2. The van der Waals surface area contributed by atoms with Gasteiger partial charge >= 0.3 is 6.03 Å². The molecule has 31 heavy (non-hydrogen) atoms. The monoisotopic (exact) mass is 417 g/mol. The molecule has 3 aromatic carbocycles. The number of carbonyl (C=O) groups is 1. The number of hydrogen-bond donors (Lipinski definition) is 2. The van der Waals surface area contributed by atoms with Crippen molar-refractivity contribution in [2.24, 2.45) is 0 Å². The minimum absolute atomic E-state index is 0.0531. The lowest BCUT2D eigenvalue weighted by Gasteiger charge is -2.59. The van der Waals surface area contributed by atoms with Crippen LogP contribution in [-0.2, 0) is 0 Å². The quantitative estimate of drug-likeness (QED) is 0.659. The summed E-state index contributed by atoms with van der Waals surface area (Å²) >= 11 is 0. The maximum Gasteiger partial charge on any atom is 0.322 e. The lowest BCUT2D eigenvalue weighted by molar-refractivity contribution is 0.00199. The van der Waals surface area contributed by atoms with E-state index in [1.165, 1.54) is 11.6 Å². The molecular weight excluding hydrogens is 393 g/mol. The maximum absolute atomic E-state index is 13.9. The summed E-state index contributed by atoms with van der Waals surface area (Å²) < 4.78 is 19.2. The molecule has 2 fully saturated rings. The van der Waals surface area contributed by atoms with E-state index in [0.29, 0.717) is 0 Å². The van der Waals surface area contributed by atoms with Crippen LogP contribution in [0, 0.1) is 5.82 Å². The van der Waals surface area contributed by atoms with Crippen molar-refractivity contribution < 1.29 is 13.9 Å². The van der Waals surface area contributed by atoms with Crippen molar-refractivity contribution in [2.45, 2.75) is 18.0 Å². The van der Waals surface area contributed by atoms with E-state index in [1.54, 1.807) is 25.3 Å². The second-order valence-corrected chi connectivity index (χ2v) is 7.99. The number of methoxy groups -OCH3 is 1. The fraction of sp³-hybridized carbons (Fsp3) is 0.240. The van der Waals surface area contributed by atoms with Gasteiger partial charge in [-0.2, -0.15) is 0 Å². The number of benzene rings is 3. The SMILES string of the molecule is COc1ccc(-c2ccc(C3[C@H]4CNC[C@@H]3N4C(=O)Nc3ccccc3F)cc2)cc1. The van der Waals surface area contributed by atoms with E-state index in [0.717, 1.165) is 30.0 Å². The van der Waals surface area contributed by atoms with Crippen LogP contribution in [0.4, 0.5) is 14.9 Å². The Kier molecular flexibility index (Phi) is 5.08. The zero-order chi connectivity index (χ0) is 21.4. The first-order chi connectivity index (χ1) is 15.2. The normalized spacial score (nSPS) is 21.9. The molecular formula is C25H24FN3O2. The Bertz CT molecular complexity index is 1070. The first kappa shape index (κ1) is 19.6. The zero-order valence-corrected chi connectivity index (χ0v) is 17.2. The molecule has 0 aliphatic carbocycles. The van der Waals surface area contributed by atoms with Crippen LogP contribution in [0.1, 0.15) is 11.5 Å². The van der Waals surface area contributed by atoms with E-state index in [-0.39, 0.29) is 29.7 Å². The predicted octanol–water partition coefficient (Wildman–Crippen LogP) is 4.47. The predicted molar refractivity (Wildman–Crippen MR) is 119 cm³/mol. The molecule has 2 heterocycles. The second-order valence-electron chi connectivity index (χ2n) is 7.99. The first-order valence-corrected chi connectivity index (χ1v) is 10.4. The average molecular weight is 417 g/mol. The molecule has 0 saturated carbocycles. The van der Waals surface area contributed by atoms with Gasteiger partial charge in [-0.3, -0.25) is 0 Å². The van der Waals surface area contributed by atoms with Gasteiger partial charge < -0.3 is 20.3 Å². The van der Waals surface area contributed by atoms with Gasteiger partial charge in [-0.1, -0.05) is 48.5 Å². The van der Waals surface area contributed by atoms with E-state index < -0.39 is 5.82 Å². The minimum atomic E-state index is -0.426. The minimum Gasteiger partial charge on any atom is -0.497 e. The number of likely N-dealkylation sites (tertiary alicyclic amines) is 1. The summed E-state index contributed by atoms with van der Waals surface area (Å²) in [5.41, 5.74) is 3.71. The summed E-state index contributed by atoms with van der Waals surface area (Å²) in [6, 6.07) is 22.7. The third-order valence-corrected chi connectivity index (χ3v) is 6.32. The average Bonchev–Trinajstić information content (AvgIpc) is 2.81. The largest absolute Gasteiger partial charge is 0.497 e. The summed E-state index contributed by atoms with van der Waals surface area (Å²) in [5, 5.41) is 6.11. The van der Waals surface area contributed by atoms with Crippen molar-refractivity contribution in [2.75, 3.05) is 25.5 Å². The molecule has 5 rings (SSSR count). The zero-order valence-electron chi connectivity index (χ0n) is 17.2. The molecule has 3 atom stereocenters. The standard InChI is InChI=1S/C25H24FN3O2/c1-31-19-12-10-17(11-13-19)16-6-8-18(9-7-16)24-22-14-27-15-23(24)29(22)25(30)28-21-5-3-2-4-20(21)26/h2-13,22-24,27H,14-15H2,1H3,(H,28,30)/t22-,23+,24?. The molecule has 1 unspecified atom stereocenters. The van der Waals surface area contributed by atoms with Gasteiger partial charge in [-0.05, 0) is 41.0 Å². The highest BCUT2D eigenvalue weighted by molar-refractivity contribution is 5.91. The molecule has 6 heteroatoms. The van der Waals surface area contributed by atoms with Crippen LogP contribution >= 0.6 is 0 Å². The van der Waals surface area contributed by atoms with E-state index in [4.69, 9.17) is 4.74 Å². The lowest BCUT2D eigenvalue weighted by Crippen LogP contribution is -2.74. The number of amides is 2. The highest BCUT2D eigenvalue weighted by Gasteiger charge is 2.53. The number of rotatable bonds is 4. The van der Waals surface area contributed by atoms with Crippen molar-refractivity contribution in [1.82, 2.24) is 10.2 Å². The Labute approximate surface area is 180 Å². The molecule has 3 aromatic rings. The number of para-hydroxylation sites is 1. The number of carbonyl (C=O) groups excluding carboxylic acids is 1. The van der Waals surface area contributed by atoms with E-state index in [1.807, 2.05) is 29.2 Å². The van der Waals surface area contributed by atoms with Gasteiger partial charge in [-0.15, -0.1) is 0 Å². The highest BCUT2D eigenvalue weighted by atomic mass is 19.1. The number of ether oxygens (including phenoxy) is 1. The van der Waals surface area contributed by atoms with Crippen molar-refractivity contribution >= 4 is 11.7 Å². The molecule has 2 N–H and O–H groups in total. The number of nitrogens with zero attached hydrogens (tertiary/aromatic N) is 1. The van der Waals surface area contributed by atoms with Crippen LogP contribution in [0.2, 0.25) is 0 Å². The third-order valence-electron chi connectivity index (χ3n) is 6.32. The van der Waals surface area contributed by atoms with Gasteiger partial charge in [0.2, 0.25) is 0 Å². The molecule has 0 radical (unpaired) electrons.